The predicted molar refractivity (Wildman–Crippen MR) is 110 cm³/mol. The van der Waals surface area contributed by atoms with Gasteiger partial charge in [-0.3, -0.25) is 25.5 Å². The van der Waals surface area contributed by atoms with Crippen molar-refractivity contribution < 1.29 is 19.1 Å². The lowest BCUT2D eigenvalue weighted by atomic mass is 10.1. The van der Waals surface area contributed by atoms with Crippen molar-refractivity contribution in [2.75, 3.05) is 13.2 Å². The molecule has 0 bridgehead atoms. The summed E-state index contributed by atoms with van der Waals surface area (Å²) in [4.78, 5) is 24.5. The number of nitrogens with zero attached hydrogens (tertiary/aromatic N) is 1. The Hall–Kier alpha value is -3.65. The van der Waals surface area contributed by atoms with Crippen LogP contribution in [0.15, 0.2) is 60.7 Å². The number of amides is 2. The number of H-pyrrole nitrogens is 1. The highest BCUT2D eigenvalue weighted by Gasteiger charge is 2.16. The topological polar surface area (TPSA) is 105 Å². The summed E-state index contributed by atoms with van der Waals surface area (Å²) < 4.78 is 11.2. The van der Waals surface area contributed by atoms with Crippen LogP contribution in [-0.4, -0.2) is 41.3 Å². The largest absolute Gasteiger partial charge is 0.491 e. The molecule has 30 heavy (non-hydrogen) atoms. The van der Waals surface area contributed by atoms with Gasteiger partial charge in [0.1, 0.15) is 18.1 Å². The first-order valence-corrected chi connectivity index (χ1v) is 9.75. The third-order valence-electron chi connectivity index (χ3n) is 4.76. The number of rotatable bonds is 6. The highest BCUT2D eigenvalue weighted by molar-refractivity contribution is 5.98. The number of ether oxygens (including phenoxy) is 2. The number of aromatic nitrogens is 2. The monoisotopic (exact) mass is 406 g/mol. The molecular weight excluding hydrogens is 384 g/mol. The molecule has 1 atom stereocenters. The maximum Gasteiger partial charge on any atom is 0.287 e. The molecule has 0 saturated carbocycles. The van der Waals surface area contributed by atoms with Gasteiger partial charge < -0.3 is 9.47 Å². The first kappa shape index (κ1) is 19.7. The van der Waals surface area contributed by atoms with E-state index in [0.717, 1.165) is 25.0 Å². The van der Waals surface area contributed by atoms with Gasteiger partial charge in [-0.05, 0) is 43.2 Å². The molecule has 154 valence electrons. The van der Waals surface area contributed by atoms with Crippen molar-refractivity contribution in [2.24, 2.45) is 0 Å². The SMILES string of the molecule is O=C(NNC(=O)c1cc(-c2ccccc2)n[nH]1)c1ccc(OCC2CCCO2)cc1. The average Bonchev–Trinajstić information content (AvgIpc) is 3.49. The van der Waals surface area contributed by atoms with Crippen molar-refractivity contribution in [3.63, 3.8) is 0 Å². The van der Waals surface area contributed by atoms with E-state index < -0.39 is 11.8 Å². The maximum atomic E-state index is 12.3. The second-order valence-corrected chi connectivity index (χ2v) is 6.91. The van der Waals surface area contributed by atoms with Crippen LogP contribution in [0.1, 0.15) is 33.7 Å². The smallest absolute Gasteiger partial charge is 0.287 e. The summed E-state index contributed by atoms with van der Waals surface area (Å²) in [5.41, 5.74) is 6.95. The van der Waals surface area contributed by atoms with E-state index in [1.165, 1.54) is 0 Å². The van der Waals surface area contributed by atoms with Crippen LogP contribution in [0.5, 0.6) is 5.75 Å². The van der Waals surface area contributed by atoms with Crippen LogP contribution in [0.3, 0.4) is 0 Å². The van der Waals surface area contributed by atoms with Crippen LogP contribution in [0.25, 0.3) is 11.3 Å². The summed E-state index contributed by atoms with van der Waals surface area (Å²) in [7, 11) is 0. The molecule has 2 amide bonds. The van der Waals surface area contributed by atoms with Crippen LogP contribution in [-0.2, 0) is 4.74 Å². The zero-order valence-corrected chi connectivity index (χ0v) is 16.3. The molecule has 3 aromatic rings. The molecule has 3 N–H and O–H groups in total. The van der Waals surface area contributed by atoms with E-state index in [0.29, 0.717) is 23.6 Å². The number of hydrazine groups is 1. The van der Waals surface area contributed by atoms with Gasteiger partial charge >= 0.3 is 0 Å². The van der Waals surface area contributed by atoms with Gasteiger partial charge in [0.25, 0.3) is 11.8 Å². The average molecular weight is 406 g/mol. The van der Waals surface area contributed by atoms with Crippen molar-refractivity contribution in [3.05, 3.63) is 71.9 Å². The van der Waals surface area contributed by atoms with E-state index >= 15 is 0 Å². The Labute approximate surface area is 173 Å². The molecule has 1 aliphatic heterocycles. The molecule has 1 unspecified atom stereocenters. The Morgan fingerprint density at radius 2 is 1.83 bits per heavy atom. The molecule has 1 fully saturated rings. The summed E-state index contributed by atoms with van der Waals surface area (Å²) in [6, 6.07) is 17.8. The Balaban J connectivity index is 1.27. The molecular formula is C22H22N4O4. The van der Waals surface area contributed by atoms with Gasteiger partial charge in [-0.15, -0.1) is 0 Å². The zero-order valence-electron chi connectivity index (χ0n) is 16.3. The zero-order chi connectivity index (χ0) is 20.8. The fourth-order valence-electron chi connectivity index (χ4n) is 3.12. The minimum absolute atomic E-state index is 0.132. The van der Waals surface area contributed by atoms with Gasteiger partial charge in [0.05, 0.1) is 11.8 Å². The first-order valence-electron chi connectivity index (χ1n) is 9.75. The van der Waals surface area contributed by atoms with E-state index in [4.69, 9.17) is 9.47 Å². The number of hydrogen-bond acceptors (Lipinski definition) is 5. The van der Waals surface area contributed by atoms with Crippen molar-refractivity contribution in [1.82, 2.24) is 21.0 Å². The quantitative estimate of drug-likeness (QED) is 0.546. The summed E-state index contributed by atoms with van der Waals surface area (Å²) >= 11 is 0. The first-order chi connectivity index (χ1) is 14.7. The van der Waals surface area contributed by atoms with Crippen LogP contribution < -0.4 is 15.6 Å². The Morgan fingerprint density at radius 3 is 2.57 bits per heavy atom. The van der Waals surface area contributed by atoms with Gasteiger partial charge in [-0.1, -0.05) is 30.3 Å². The minimum Gasteiger partial charge on any atom is -0.491 e. The predicted octanol–water partition coefficient (Wildman–Crippen LogP) is 2.71. The van der Waals surface area contributed by atoms with E-state index in [1.54, 1.807) is 30.3 Å². The third kappa shape index (κ3) is 4.84. The third-order valence-corrected chi connectivity index (χ3v) is 4.76. The molecule has 2 heterocycles. The molecule has 0 spiro atoms. The van der Waals surface area contributed by atoms with Gasteiger partial charge in [-0.2, -0.15) is 5.10 Å². The van der Waals surface area contributed by atoms with Crippen LogP contribution in [0.2, 0.25) is 0 Å². The van der Waals surface area contributed by atoms with E-state index in [1.807, 2.05) is 30.3 Å². The highest BCUT2D eigenvalue weighted by atomic mass is 16.5. The normalized spacial score (nSPS) is 15.5. The molecule has 0 radical (unpaired) electrons. The summed E-state index contributed by atoms with van der Waals surface area (Å²) in [6.07, 6.45) is 2.20. The lowest BCUT2D eigenvalue weighted by molar-refractivity contribution is 0.0679. The van der Waals surface area contributed by atoms with E-state index in [2.05, 4.69) is 21.0 Å². The summed E-state index contributed by atoms with van der Waals surface area (Å²) in [5, 5.41) is 6.80. The molecule has 1 aliphatic rings. The number of hydrogen-bond donors (Lipinski definition) is 3. The standard InChI is InChI=1S/C22H22N4O4/c27-21(16-8-10-17(11-9-16)30-14-18-7-4-12-29-18)25-26-22(28)20-13-19(23-24-20)15-5-2-1-3-6-15/h1-3,5-6,8-11,13,18H,4,7,12,14H2,(H,23,24)(H,25,27)(H,26,28). The summed E-state index contributed by atoms with van der Waals surface area (Å²) in [5.74, 6) is -0.261. The Kier molecular flexibility index (Phi) is 6.05. The lowest BCUT2D eigenvalue weighted by Gasteiger charge is -2.12. The van der Waals surface area contributed by atoms with E-state index in [-0.39, 0.29) is 11.8 Å². The number of carbonyl (C=O) groups excluding carboxylic acids is 2. The van der Waals surface area contributed by atoms with Crippen molar-refractivity contribution in [3.8, 4) is 17.0 Å². The van der Waals surface area contributed by atoms with Crippen molar-refractivity contribution >= 4 is 11.8 Å². The molecule has 1 aromatic heterocycles. The minimum atomic E-state index is -0.491. The molecule has 8 heteroatoms. The van der Waals surface area contributed by atoms with Crippen molar-refractivity contribution in [2.45, 2.75) is 18.9 Å². The van der Waals surface area contributed by atoms with Crippen LogP contribution in [0.4, 0.5) is 0 Å². The number of benzene rings is 2. The van der Waals surface area contributed by atoms with E-state index in [9.17, 15) is 9.59 Å². The second kappa shape index (κ2) is 9.23. The highest BCUT2D eigenvalue weighted by Crippen LogP contribution is 2.18. The molecule has 8 nitrogen and oxygen atoms in total. The lowest BCUT2D eigenvalue weighted by Crippen LogP contribution is -2.41. The Bertz CT molecular complexity index is 995. The summed E-state index contributed by atoms with van der Waals surface area (Å²) in [6.45, 7) is 1.28. The molecule has 4 rings (SSSR count). The fraction of sp³-hybridized carbons (Fsp3) is 0.227. The number of aromatic amines is 1. The molecule has 0 aliphatic carbocycles. The molecule has 2 aromatic carbocycles. The fourth-order valence-corrected chi connectivity index (χ4v) is 3.12. The second-order valence-electron chi connectivity index (χ2n) is 6.91. The van der Waals surface area contributed by atoms with Gasteiger partial charge in [0.15, 0.2) is 0 Å². The van der Waals surface area contributed by atoms with Crippen molar-refractivity contribution in [1.29, 1.82) is 0 Å². The van der Waals surface area contributed by atoms with Gasteiger partial charge in [0, 0.05) is 17.7 Å². The van der Waals surface area contributed by atoms with Crippen LogP contribution >= 0.6 is 0 Å². The Morgan fingerprint density at radius 1 is 1.07 bits per heavy atom. The molecule has 1 saturated heterocycles. The maximum absolute atomic E-state index is 12.3. The van der Waals surface area contributed by atoms with Crippen LogP contribution in [0, 0.1) is 0 Å². The van der Waals surface area contributed by atoms with Gasteiger partial charge in [-0.25, -0.2) is 0 Å². The van der Waals surface area contributed by atoms with Gasteiger partial charge in [0.2, 0.25) is 0 Å². The number of nitrogens with one attached hydrogen (secondary N) is 3. The number of carbonyl (C=O) groups is 2.